The summed E-state index contributed by atoms with van der Waals surface area (Å²) in [6.45, 7) is 3.75. The Bertz CT molecular complexity index is 1470. The molecule has 2 unspecified atom stereocenters. The van der Waals surface area contributed by atoms with E-state index < -0.39 is 29.0 Å². The van der Waals surface area contributed by atoms with Crippen molar-refractivity contribution in [3.8, 4) is 17.2 Å². The summed E-state index contributed by atoms with van der Waals surface area (Å²) in [4.78, 5) is 17.6. The van der Waals surface area contributed by atoms with Crippen molar-refractivity contribution < 1.29 is 37.7 Å². The molecule has 2 saturated carbocycles. The number of likely N-dealkylation sites (N-methyl/N-ethyl adjacent to an activating group) is 1. The number of carbonyl (C=O) groups excluding carboxylic acids is 1. The average molecular weight is 585 g/mol. The van der Waals surface area contributed by atoms with Gasteiger partial charge in [0, 0.05) is 31.3 Å². The molecule has 10 heteroatoms. The van der Waals surface area contributed by atoms with E-state index in [2.05, 4.69) is 9.64 Å². The minimum absolute atomic E-state index is 0.0357. The van der Waals surface area contributed by atoms with Crippen LogP contribution in [0, 0.1) is 5.92 Å². The Kier molecular flexibility index (Phi) is 6.00. The highest BCUT2D eigenvalue weighted by atomic mass is 19.4. The van der Waals surface area contributed by atoms with E-state index >= 15 is 0 Å². The predicted molar refractivity (Wildman–Crippen MR) is 148 cm³/mol. The second kappa shape index (κ2) is 9.13. The standard InChI is InChI=1S/C32H35F3N2O5/c1-29-24(36(2)26(39)11-8-19-4-3-5-22(16-19)41-32(33,34)35)12-13-31(40)25-17-21-9-10-23(38)28(42-29)27(21)30(29,31)14-15-37(25)18-20-6-7-20/h3-5,8-11,16,20,24-25,38,40H,6-7,12-15,17-18H2,1-2H3/b11-8+/t24?,25-,29?,30+,31-/m1/s1. The van der Waals surface area contributed by atoms with Gasteiger partial charge in [0.15, 0.2) is 11.5 Å². The molecule has 1 amide bonds. The smallest absolute Gasteiger partial charge is 0.504 e. The van der Waals surface area contributed by atoms with Crippen LogP contribution in [0.3, 0.4) is 0 Å². The SMILES string of the molecule is CN(C(=O)/C=C/c1cccc(OC(F)(F)F)c1)C1CC[C@@]2(O)[C@H]3Cc4ccc(O)c5c4[C@@]2(CCN3CC2CC2)C1(C)O5. The Hall–Kier alpha value is -3.24. The second-order valence-electron chi connectivity index (χ2n) is 12.9. The van der Waals surface area contributed by atoms with E-state index in [-0.39, 0.29) is 23.4 Å². The number of piperidine rings is 1. The van der Waals surface area contributed by atoms with Crippen molar-refractivity contribution in [2.45, 2.75) is 80.5 Å². The first-order valence-electron chi connectivity index (χ1n) is 14.7. The summed E-state index contributed by atoms with van der Waals surface area (Å²) in [7, 11) is 1.70. The normalized spacial score (nSPS) is 33.3. The molecule has 2 heterocycles. The summed E-state index contributed by atoms with van der Waals surface area (Å²) in [5.74, 6) is 0.419. The predicted octanol–water partition coefficient (Wildman–Crippen LogP) is 4.79. The van der Waals surface area contributed by atoms with E-state index in [9.17, 15) is 28.2 Å². The number of ether oxygens (including phenoxy) is 2. The van der Waals surface area contributed by atoms with Gasteiger partial charge in [0.05, 0.1) is 17.1 Å². The van der Waals surface area contributed by atoms with Crippen LogP contribution >= 0.6 is 0 Å². The fraction of sp³-hybridized carbons (Fsp3) is 0.531. The highest BCUT2D eigenvalue weighted by Gasteiger charge is 2.78. The molecular formula is C32H35F3N2O5. The molecule has 7 nitrogen and oxygen atoms in total. The molecular weight excluding hydrogens is 549 g/mol. The van der Waals surface area contributed by atoms with E-state index in [1.165, 1.54) is 43.2 Å². The monoisotopic (exact) mass is 584 g/mol. The van der Waals surface area contributed by atoms with Crippen LogP contribution in [-0.2, 0) is 16.6 Å². The Morgan fingerprint density at radius 3 is 2.74 bits per heavy atom. The number of phenols is 1. The van der Waals surface area contributed by atoms with Gasteiger partial charge in [-0.05, 0) is 93.3 Å². The van der Waals surface area contributed by atoms with E-state index in [0.717, 1.165) is 24.2 Å². The quantitative estimate of drug-likeness (QED) is 0.476. The fourth-order valence-electron chi connectivity index (χ4n) is 8.73. The summed E-state index contributed by atoms with van der Waals surface area (Å²) in [6, 6.07) is 8.56. The summed E-state index contributed by atoms with van der Waals surface area (Å²) < 4.78 is 48.7. The number of hydrogen-bond donors (Lipinski definition) is 2. The van der Waals surface area contributed by atoms with Gasteiger partial charge in [-0.1, -0.05) is 18.2 Å². The molecule has 3 fully saturated rings. The van der Waals surface area contributed by atoms with E-state index in [1.54, 1.807) is 24.1 Å². The number of benzene rings is 2. The van der Waals surface area contributed by atoms with Crippen LogP contribution in [0.1, 0.15) is 55.7 Å². The molecule has 42 heavy (non-hydrogen) atoms. The lowest BCUT2D eigenvalue weighted by atomic mass is 9.44. The van der Waals surface area contributed by atoms with E-state index in [0.29, 0.717) is 42.9 Å². The van der Waals surface area contributed by atoms with Gasteiger partial charge >= 0.3 is 6.36 Å². The molecule has 2 aromatic rings. The fourth-order valence-corrected chi connectivity index (χ4v) is 8.73. The van der Waals surface area contributed by atoms with Crippen LogP contribution in [0.5, 0.6) is 17.2 Å². The van der Waals surface area contributed by atoms with Crippen LogP contribution < -0.4 is 9.47 Å². The van der Waals surface area contributed by atoms with Gasteiger partial charge in [-0.2, -0.15) is 0 Å². The molecule has 0 aromatic heterocycles. The molecule has 3 aliphatic carbocycles. The second-order valence-corrected chi connectivity index (χ2v) is 12.9. The third-order valence-electron chi connectivity index (χ3n) is 10.7. The molecule has 2 aromatic carbocycles. The Morgan fingerprint density at radius 2 is 2.00 bits per heavy atom. The Labute approximate surface area is 242 Å². The number of likely N-dealkylation sites (tertiary alicyclic amines) is 1. The number of alkyl halides is 3. The Morgan fingerprint density at radius 1 is 1.21 bits per heavy atom. The number of amides is 1. The number of rotatable bonds is 6. The number of phenolic OH excluding ortho intramolecular Hbond substituents is 1. The number of halogens is 3. The lowest BCUT2D eigenvalue weighted by molar-refractivity contribution is -0.274. The topological polar surface area (TPSA) is 82.5 Å². The van der Waals surface area contributed by atoms with E-state index in [1.807, 2.05) is 13.0 Å². The summed E-state index contributed by atoms with van der Waals surface area (Å²) in [6.07, 6.45) is 2.75. The van der Waals surface area contributed by atoms with Gasteiger partial charge in [-0.25, -0.2) is 0 Å². The molecule has 5 atom stereocenters. The number of aromatic hydroxyl groups is 1. The van der Waals surface area contributed by atoms with Crippen LogP contribution in [0.2, 0.25) is 0 Å². The first kappa shape index (κ1) is 27.6. The van der Waals surface area contributed by atoms with Gasteiger partial charge < -0.3 is 24.6 Å². The van der Waals surface area contributed by atoms with Crippen LogP contribution in [0.15, 0.2) is 42.5 Å². The minimum atomic E-state index is -4.81. The zero-order valence-electron chi connectivity index (χ0n) is 23.7. The molecule has 1 saturated heterocycles. The highest BCUT2D eigenvalue weighted by molar-refractivity contribution is 5.92. The number of nitrogens with zero attached hydrogens (tertiary/aromatic N) is 2. The lowest BCUT2D eigenvalue weighted by Crippen LogP contribution is -2.82. The molecule has 2 bridgehead atoms. The zero-order chi connectivity index (χ0) is 29.7. The largest absolute Gasteiger partial charge is 0.573 e. The lowest BCUT2D eigenvalue weighted by Gasteiger charge is -2.68. The molecule has 224 valence electrons. The van der Waals surface area contributed by atoms with Crippen molar-refractivity contribution in [1.82, 2.24) is 9.80 Å². The molecule has 1 spiro atoms. The van der Waals surface area contributed by atoms with Gasteiger partial charge in [-0.3, -0.25) is 9.69 Å². The van der Waals surface area contributed by atoms with E-state index in [4.69, 9.17) is 4.74 Å². The van der Waals surface area contributed by atoms with Crippen LogP contribution in [0.4, 0.5) is 13.2 Å². The van der Waals surface area contributed by atoms with Crippen molar-refractivity contribution in [2.24, 2.45) is 5.92 Å². The van der Waals surface area contributed by atoms with Crippen molar-refractivity contribution in [2.75, 3.05) is 20.1 Å². The first-order valence-corrected chi connectivity index (χ1v) is 14.7. The molecule has 2 N–H and O–H groups in total. The molecule has 5 aliphatic rings. The summed E-state index contributed by atoms with van der Waals surface area (Å²) in [5, 5.41) is 23.7. The Balaban J connectivity index is 1.22. The maximum absolute atomic E-state index is 13.5. The van der Waals surface area contributed by atoms with Gasteiger partial charge in [0.25, 0.3) is 0 Å². The minimum Gasteiger partial charge on any atom is -0.504 e. The molecule has 7 rings (SSSR count). The van der Waals surface area contributed by atoms with Crippen LogP contribution in [0.25, 0.3) is 6.08 Å². The molecule has 2 aliphatic heterocycles. The third-order valence-corrected chi connectivity index (χ3v) is 10.7. The third kappa shape index (κ3) is 3.90. The first-order chi connectivity index (χ1) is 19.9. The maximum atomic E-state index is 13.5. The number of hydrogen-bond acceptors (Lipinski definition) is 6. The van der Waals surface area contributed by atoms with Crippen molar-refractivity contribution >= 4 is 12.0 Å². The summed E-state index contributed by atoms with van der Waals surface area (Å²) in [5.41, 5.74) is -0.556. The summed E-state index contributed by atoms with van der Waals surface area (Å²) >= 11 is 0. The number of carbonyl (C=O) groups is 1. The van der Waals surface area contributed by atoms with Gasteiger partial charge in [0.2, 0.25) is 5.91 Å². The van der Waals surface area contributed by atoms with Gasteiger partial charge in [0.1, 0.15) is 11.4 Å². The van der Waals surface area contributed by atoms with Gasteiger partial charge in [-0.15, -0.1) is 13.2 Å². The molecule has 0 radical (unpaired) electrons. The van der Waals surface area contributed by atoms with Crippen molar-refractivity contribution in [1.29, 1.82) is 0 Å². The maximum Gasteiger partial charge on any atom is 0.573 e. The highest BCUT2D eigenvalue weighted by Crippen LogP contribution is 2.69. The average Bonchev–Trinajstić information content (AvgIpc) is 3.69. The van der Waals surface area contributed by atoms with Crippen molar-refractivity contribution in [3.63, 3.8) is 0 Å². The number of aliphatic hydroxyl groups is 1. The van der Waals surface area contributed by atoms with Crippen LogP contribution in [-0.4, -0.2) is 75.7 Å². The van der Waals surface area contributed by atoms with Crippen molar-refractivity contribution in [3.05, 3.63) is 59.2 Å². The zero-order valence-corrected chi connectivity index (χ0v) is 23.7.